The number of benzene rings is 3. The van der Waals surface area contributed by atoms with Crippen LogP contribution in [0.2, 0.25) is 10.0 Å². The molecule has 0 aliphatic carbocycles. The number of hydrogen-bond donors (Lipinski definition) is 1. The van der Waals surface area contributed by atoms with Gasteiger partial charge in [0.15, 0.2) is 0 Å². The number of sulfonamides is 1. The van der Waals surface area contributed by atoms with Gasteiger partial charge in [0.25, 0.3) is 10.0 Å². The van der Waals surface area contributed by atoms with Gasteiger partial charge in [-0.05, 0) is 68.7 Å². The van der Waals surface area contributed by atoms with E-state index in [1.165, 1.54) is 17.0 Å². The molecule has 0 fully saturated rings. The maximum absolute atomic E-state index is 14.0. The van der Waals surface area contributed by atoms with Gasteiger partial charge >= 0.3 is 0 Å². The quantitative estimate of drug-likeness (QED) is 0.308. The van der Waals surface area contributed by atoms with Crippen LogP contribution in [-0.4, -0.2) is 44.3 Å². The summed E-state index contributed by atoms with van der Waals surface area (Å²) >= 11 is 12.7. The number of aryl methyl sites for hydroxylation is 1. The Hall–Kier alpha value is -3.07. The van der Waals surface area contributed by atoms with E-state index in [1.54, 1.807) is 68.4 Å². The first-order valence-electron chi connectivity index (χ1n) is 12.6. The Morgan fingerprint density at radius 2 is 1.56 bits per heavy atom. The van der Waals surface area contributed by atoms with Gasteiger partial charge < -0.3 is 10.2 Å². The summed E-state index contributed by atoms with van der Waals surface area (Å²) in [5, 5.41) is 3.62. The zero-order chi connectivity index (χ0) is 28.7. The standard InChI is InChI=1S/C29H33Cl2N3O4S/c1-5-17-32-29(36)22(4)33(18-23-9-6-7-10-26(23)31)28(35)19-34(27-12-8-11-25(30)21(27)3)39(37,38)24-15-13-20(2)14-16-24/h6-16,22H,5,17-19H2,1-4H3,(H,32,36)/t22-/m0/s1. The van der Waals surface area contributed by atoms with Crippen molar-refractivity contribution in [1.82, 2.24) is 10.2 Å². The number of anilines is 1. The minimum Gasteiger partial charge on any atom is -0.354 e. The molecule has 0 unspecified atom stereocenters. The summed E-state index contributed by atoms with van der Waals surface area (Å²) in [6.07, 6.45) is 0.730. The summed E-state index contributed by atoms with van der Waals surface area (Å²) in [6.45, 7) is 7.02. The van der Waals surface area contributed by atoms with Crippen LogP contribution in [0.1, 0.15) is 37.0 Å². The second-order valence-electron chi connectivity index (χ2n) is 9.29. The van der Waals surface area contributed by atoms with E-state index in [0.29, 0.717) is 27.7 Å². The smallest absolute Gasteiger partial charge is 0.264 e. The molecular formula is C29H33Cl2N3O4S. The molecule has 3 rings (SSSR count). The second-order valence-corrected chi connectivity index (χ2v) is 12.0. The normalized spacial score (nSPS) is 12.1. The lowest BCUT2D eigenvalue weighted by Gasteiger charge is -2.32. The minimum absolute atomic E-state index is 0.0200. The molecule has 0 aliphatic rings. The highest BCUT2D eigenvalue weighted by molar-refractivity contribution is 7.92. The van der Waals surface area contributed by atoms with Crippen molar-refractivity contribution in [3.05, 3.63) is 93.5 Å². The maximum atomic E-state index is 14.0. The highest BCUT2D eigenvalue weighted by Gasteiger charge is 2.33. The van der Waals surface area contributed by atoms with E-state index in [-0.39, 0.29) is 23.0 Å². The highest BCUT2D eigenvalue weighted by atomic mass is 35.5. The summed E-state index contributed by atoms with van der Waals surface area (Å²) in [6, 6.07) is 17.4. The van der Waals surface area contributed by atoms with E-state index in [0.717, 1.165) is 16.3 Å². The molecule has 0 heterocycles. The number of nitrogens with one attached hydrogen (secondary N) is 1. The van der Waals surface area contributed by atoms with Crippen LogP contribution in [0.3, 0.4) is 0 Å². The lowest BCUT2D eigenvalue weighted by Crippen LogP contribution is -2.51. The van der Waals surface area contributed by atoms with Gasteiger partial charge in [-0.3, -0.25) is 13.9 Å². The van der Waals surface area contributed by atoms with Gasteiger partial charge in [0.2, 0.25) is 11.8 Å². The van der Waals surface area contributed by atoms with Crippen LogP contribution in [0.25, 0.3) is 0 Å². The molecule has 0 bridgehead atoms. The van der Waals surface area contributed by atoms with Gasteiger partial charge in [-0.25, -0.2) is 8.42 Å². The van der Waals surface area contributed by atoms with Crippen molar-refractivity contribution in [3.63, 3.8) is 0 Å². The molecule has 0 radical (unpaired) electrons. The lowest BCUT2D eigenvalue weighted by molar-refractivity contribution is -0.139. The van der Waals surface area contributed by atoms with Crippen molar-refractivity contribution in [2.75, 3.05) is 17.4 Å². The molecule has 39 heavy (non-hydrogen) atoms. The van der Waals surface area contributed by atoms with Gasteiger partial charge in [-0.2, -0.15) is 0 Å². The summed E-state index contributed by atoms with van der Waals surface area (Å²) in [4.78, 5) is 28.3. The average molecular weight is 591 g/mol. The third-order valence-electron chi connectivity index (χ3n) is 6.41. The highest BCUT2D eigenvalue weighted by Crippen LogP contribution is 2.31. The summed E-state index contributed by atoms with van der Waals surface area (Å²) < 4.78 is 28.9. The van der Waals surface area contributed by atoms with Crippen LogP contribution in [0.15, 0.2) is 71.6 Å². The van der Waals surface area contributed by atoms with E-state index in [1.807, 2.05) is 13.8 Å². The predicted molar refractivity (Wildman–Crippen MR) is 157 cm³/mol. The Morgan fingerprint density at radius 1 is 0.923 bits per heavy atom. The van der Waals surface area contributed by atoms with Crippen LogP contribution >= 0.6 is 23.2 Å². The van der Waals surface area contributed by atoms with Crippen LogP contribution in [-0.2, 0) is 26.2 Å². The van der Waals surface area contributed by atoms with Crippen molar-refractivity contribution in [3.8, 4) is 0 Å². The third-order valence-corrected chi connectivity index (χ3v) is 8.96. The van der Waals surface area contributed by atoms with E-state index in [2.05, 4.69) is 5.32 Å². The first-order chi connectivity index (χ1) is 18.5. The van der Waals surface area contributed by atoms with Gasteiger partial charge in [-0.1, -0.05) is 72.1 Å². The van der Waals surface area contributed by atoms with Crippen molar-refractivity contribution >= 4 is 50.7 Å². The van der Waals surface area contributed by atoms with Crippen molar-refractivity contribution in [2.24, 2.45) is 0 Å². The van der Waals surface area contributed by atoms with E-state index < -0.39 is 28.5 Å². The molecule has 0 spiro atoms. The number of carbonyl (C=O) groups is 2. The predicted octanol–water partition coefficient (Wildman–Crippen LogP) is 5.75. The lowest BCUT2D eigenvalue weighted by atomic mass is 10.1. The fraction of sp³-hybridized carbons (Fsp3) is 0.310. The summed E-state index contributed by atoms with van der Waals surface area (Å²) in [5.74, 6) is -0.909. The molecule has 0 saturated carbocycles. The Bertz CT molecular complexity index is 1430. The first-order valence-corrected chi connectivity index (χ1v) is 14.8. The fourth-order valence-electron chi connectivity index (χ4n) is 4.01. The molecule has 0 saturated heterocycles. The van der Waals surface area contributed by atoms with Crippen LogP contribution in [0.5, 0.6) is 0 Å². The number of amides is 2. The number of halogens is 2. The molecule has 0 aliphatic heterocycles. The number of nitrogens with zero attached hydrogens (tertiary/aromatic N) is 2. The van der Waals surface area contributed by atoms with E-state index >= 15 is 0 Å². The summed E-state index contributed by atoms with van der Waals surface area (Å²) in [5.41, 5.74) is 2.31. The monoisotopic (exact) mass is 589 g/mol. The van der Waals surface area contributed by atoms with E-state index in [4.69, 9.17) is 23.2 Å². The molecule has 1 atom stereocenters. The van der Waals surface area contributed by atoms with Gasteiger partial charge in [0.05, 0.1) is 10.6 Å². The van der Waals surface area contributed by atoms with Crippen LogP contribution < -0.4 is 9.62 Å². The Balaban J connectivity index is 2.07. The molecule has 10 heteroatoms. The van der Waals surface area contributed by atoms with Gasteiger partial charge in [-0.15, -0.1) is 0 Å². The molecule has 0 aromatic heterocycles. The Morgan fingerprint density at radius 3 is 2.21 bits per heavy atom. The Kier molecular flexibility index (Phi) is 10.4. The number of carbonyl (C=O) groups excluding carboxylic acids is 2. The third kappa shape index (κ3) is 7.32. The van der Waals surface area contributed by atoms with Crippen LogP contribution in [0, 0.1) is 13.8 Å². The molecule has 1 N–H and O–H groups in total. The van der Waals surface area contributed by atoms with Crippen LogP contribution in [0.4, 0.5) is 5.69 Å². The number of rotatable bonds is 11. The number of hydrogen-bond acceptors (Lipinski definition) is 4. The molecule has 208 valence electrons. The largest absolute Gasteiger partial charge is 0.354 e. The zero-order valence-corrected chi connectivity index (χ0v) is 24.8. The van der Waals surface area contributed by atoms with Crippen molar-refractivity contribution in [1.29, 1.82) is 0 Å². The molecule has 7 nitrogen and oxygen atoms in total. The Labute approximate surface area is 240 Å². The molecular weight excluding hydrogens is 557 g/mol. The fourth-order valence-corrected chi connectivity index (χ4v) is 5.84. The topological polar surface area (TPSA) is 86.8 Å². The second kappa shape index (κ2) is 13.3. The van der Waals surface area contributed by atoms with Gasteiger partial charge in [0.1, 0.15) is 12.6 Å². The van der Waals surface area contributed by atoms with E-state index in [9.17, 15) is 18.0 Å². The zero-order valence-electron chi connectivity index (χ0n) is 22.4. The summed E-state index contributed by atoms with van der Waals surface area (Å²) in [7, 11) is -4.18. The minimum atomic E-state index is -4.18. The molecule has 2 amide bonds. The molecule has 3 aromatic carbocycles. The van der Waals surface area contributed by atoms with Crippen molar-refractivity contribution < 1.29 is 18.0 Å². The molecule has 3 aromatic rings. The SMILES string of the molecule is CCCNC(=O)[C@H](C)N(Cc1ccccc1Cl)C(=O)CN(c1cccc(Cl)c1C)S(=O)(=O)c1ccc(C)cc1. The van der Waals surface area contributed by atoms with Gasteiger partial charge in [0, 0.05) is 23.1 Å². The maximum Gasteiger partial charge on any atom is 0.264 e. The first kappa shape index (κ1) is 30.5. The van der Waals surface area contributed by atoms with Crippen molar-refractivity contribution in [2.45, 2.75) is 51.6 Å². The average Bonchev–Trinajstić information content (AvgIpc) is 2.91.